The number of nitrogens with one attached hydrogen (secondary N) is 1. The Balaban J connectivity index is 1.96. The molecule has 134 valence electrons. The molecule has 1 saturated heterocycles. The van der Waals surface area contributed by atoms with Crippen molar-refractivity contribution in [2.24, 2.45) is 5.92 Å². The summed E-state index contributed by atoms with van der Waals surface area (Å²) in [6, 6.07) is 3.99. The lowest BCUT2D eigenvalue weighted by Gasteiger charge is -2.37. The molecule has 0 aromatic heterocycles. The molecular formula is C17H23F3N2O2. The first-order valence-electron chi connectivity index (χ1n) is 8.08. The number of carbonyl (C=O) groups is 1. The van der Waals surface area contributed by atoms with E-state index in [0.29, 0.717) is 12.2 Å². The summed E-state index contributed by atoms with van der Waals surface area (Å²) < 4.78 is 37.6. The second kappa shape index (κ2) is 7.53. The van der Waals surface area contributed by atoms with Gasteiger partial charge < -0.3 is 10.4 Å². The molecule has 24 heavy (non-hydrogen) atoms. The molecule has 0 spiro atoms. The van der Waals surface area contributed by atoms with Gasteiger partial charge in [0.25, 0.3) is 0 Å². The lowest BCUT2D eigenvalue weighted by atomic mass is 9.92. The number of rotatable bonds is 4. The number of benzene rings is 1. The largest absolute Gasteiger partial charge is 0.416 e. The van der Waals surface area contributed by atoms with Gasteiger partial charge in [-0.05, 0) is 63.4 Å². The highest BCUT2D eigenvalue weighted by Gasteiger charge is 2.31. The molecule has 1 heterocycles. The summed E-state index contributed by atoms with van der Waals surface area (Å²) in [5, 5.41) is 12.4. The fourth-order valence-electron chi connectivity index (χ4n) is 2.94. The minimum absolute atomic E-state index is 0.139. The van der Waals surface area contributed by atoms with E-state index in [9.17, 15) is 23.1 Å². The van der Waals surface area contributed by atoms with Crippen LogP contribution in [0.5, 0.6) is 0 Å². The van der Waals surface area contributed by atoms with Crippen LogP contribution >= 0.6 is 0 Å². The molecule has 7 heteroatoms. The maximum Gasteiger partial charge on any atom is 0.416 e. The van der Waals surface area contributed by atoms with E-state index >= 15 is 0 Å². The second-order valence-corrected chi connectivity index (χ2v) is 6.38. The molecule has 0 saturated carbocycles. The van der Waals surface area contributed by atoms with E-state index < -0.39 is 23.9 Å². The van der Waals surface area contributed by atoms with Crippen molar-refractivity contribution in [2.45, 2.75) is 45.0 Å². The molecular weight excluding hydrogens is 321 g/mol. The number of likely N-dealkylation sites (tertiary alicyclic amines) is 1. The van der Waals surface area contributed by atoms with Crippen molar-refractivity contribution in [3.8, 4) is 0 Å². The number of amides is 1. The number of aliphatic hydroxyl groups excluding tert-OH is 1. The fourth-order valence-corrected chi connectivity index (χ4v) is 2.94. The summed E-state index contributed by atoms with van der Waals surface area (Å²) in [4.78, 5) is 14.3. The average molecular weight is 344 g/mol. The summed E-state index contributed by atoms with van der Waals surface area (Å²) in [5.41, 5.74) is -0.409. The van der Waals surface area contributed by atoms with Crippen LogP contribution in [0.15, 0.2) is 24.3 Å². The van der Waals surface area contributed by atoms with Gasteiger partial charge in [-0.2, -0.15) is 13.2 Å². The summed E-state index contributed by atoms with van der Waals surface area (Å²) >= 11 is 0. The molecule has 0 radical (unpaired) electrons. The van der Waals surface area contributed by atoms with Crippen molar-refractivity contribution in [3.05, 3.63) is 29.8 Å². The maximum atomic E-state index is 12.5. The van der Waals surface area contributed by atoms with Crippen molar-refractivity contribution < 1.29 is 23.1 Å². The normalized spacial score (nSPS) is 22.0. The molecule has 1 aliphatic rings. The predicted molar refractivity (Wildman–Crippen MR) is 85.5 cm³/mol. The molecule has 4 nitrogen and oxygen atoms in total. The van der Waals surface area contributed by atoms with Gasteiger partial charge in [0.15, 0.2) is 0 Å². The Labute approximate surface area is 139 Å². The van der Waals surface area contributed by atoms with Crippen LogP contribution < -0.4 is 5.32 Å². The topological polar surface area (TPSA) is 52.6 Å². The Morgan fingerprint density at radius 1 is 1.29 bits per heavy atom. The Bertz CT molecular complexity index is 558. The lowest BCUT2D eigenvalue weighted by molar-refractivity contribution is -0.137. The van der Waals surface area contributed by atoms with Crippen LogP contribution in [-0.2, 0) is 11.0 Å². The van der Waals surface area contributed by atoms with Crippen LogP contribution in [0.25, 0.3) is 0 Å². The first-order chi connectivity index (χ1) is 11.2. The molecule has 1 amide bonds. The Kier molecular flexibility index (Phi) is 5.87. The van der Waals surface area contributed by atoms with Gasteiger partial charge in [-0.15, -0.1) is 0 Å². The number of halogens is 3. The number of alkyl halides is 3. The number of carbonyl (C=O) groups excluding carboxylic acids is 1. The van der Waals surface area contributed by atoms with Gasteiger partial charge in [-0.3, -0.25) is 9.69 Å². The summed E-state index contributed by atoms with van der Waals surface area (Å²) in [6.45, 7) is 4.93. The molecule has 0 bridgehead atoms. The van der Waals surface area contributed by atoms with Crippen LogP contribution in [0, 0.1) is 5.92 Å². The predicted octanol–water partition coefficient (Wildman–Crippen LogP) is 3.13. The van der Waals surface area contributed by atoms with Crippen LogP contribution in [0.1, 0.15) is 32.3 Å². The van der Waals surface area contributed by atoms with Gasteiger partial charge in [0, 0.05) is 12.2 Å². The lowest BCUT2D eigenvalue weighted by Crippen LogP contribution is -2.48. The summed E-state index contributed by atoms with van der Waals surface area (Å²) in [5.74, 6) is -0.124. The quantitative estimate of drug-likeness (QED) is 0.882. The Morgan fingerprint density at radius 2 is 1.92 bits per heavy atom. The SMILES string of the molecule is CC(O)C1CCCN(C(C)C(=O)Nc2ccc(C(F)(F)F)cc2)C1. The third-order valence-corrected chi connectivity index (χ3v) is 4.58. The van der Waals surface area contributed by atoms with Gasteiger partial charge >= 0.3 is 6.18 Å². The van der Waals surface area contributed by atoms with Crippen LogP contribution in [-0.4, -0.2) is 41.1 Å². The first-order valence-corrected chi connectivity index (χ1v) is 8.08. The Morgan fingerprint density at radius 3 is 2.46 bits per heavy atom. The van der Waals surface area contributed by atoms with Crippen molar-refractivity contribution >= 4 is 11.6 Å². The minimum Gasteiger partial charge on any atom is -0.393 e. The molecule has 3 atom stereocenters. The molecule has 1 aromatic carbocycles. The van der Waals surface area contributed by atoms with E-state index in [1.165, 1.54) is 12.1 Å². The molecule has 0 aliphatic carbocycles. The van der Waals surface area contributed by atoms with E-state index in [0.717, 1.165) is 31.5 Å². The van der Waals surface area contributed by atoms with Gasteiger partial charge in [0.1, 0.15) is 0 Å². The first kappa shape index (κ1) is 18.7. The van der Waals surface area contributed by atoms with Crippen LogP contribution in [0.2, 0.25) is 0 Å². The molecule has 2 rings (SSSR count). The highest BCUT2D eigenvalue weighted by molar-refractivity contribution is 5.94. The fraction of sp³-hybridized carbons (Fsp3) is 0.588. The third kappa shape index (κ3) is 4.70. The zero-order chi connectivity index (χ0) is 17.9. The molecule has 1 aliphatic heterocycles. The molecule has 3 unspecified atom stereocenters. The van der Waals surface area contributed by atoms with Gasteiger partial charge in [-0.1, -0.05) is 0 Å². The van der Waals surface area contributed by atoms with E-state index in [1.807, 2.05) is 4.90 Å². The minimum atomic E-state index is -4.39. The Hall–Kier alpha value is -1.60. The van der Waals surface area contributed by atoms with E-state index in [-0.39, 0.29) is 11.8 Å². The number of piperidine rings is 1. The van der Waals surface area contributed by atoms with Crippen LogP contribution in [0.3, 0.4) is 0 Å². The van der Waals surface area contributed by atoms with Gasteiger partial charge in [0.2, 0.25) is 5.91 Å². The highest BCUT2D eigenvalue weighted by atomic mass is 19.4. The average Bonchev–Trinajstić information content (AvgIpc) is 2.53. The van der Waals surface area contributed by atoms with Crippen molar-refractivity contribution in [2.75, 3.05) is 18.4 Å². The van der Waals surface area contributed by atoms with E-state index in [4.69, 9.17) is 0 Å². The highest BCUT2D eigenvalue weighted by Crippen LogP contribution is 2.30. The smallest absolute Gasteiger partial charge is 0.393 e. The van der Waals surface area contributed by atoms with Crippen molar-refractivity contribution in [1.29, 1.82) is 0 Å². The van der Waals surface area contributed by atoms with Crippen molar-refractivity contribution in [1.82, 2.24) is 4.90 Å². The van der Waals surface area contributed by atoms with Gasteiger partial charge in [0.05, 0.1) is 17.7 Å². The van der Waals surface area contributed by atoms with Gasteiger partial charge in [-0.25, -0.2) is 0 Å². The zero-order valence-corrected chi connectivity index (χ0v) is 13.8. The molecule has 1 aromatic rings. The van der Waals surface area contributed by atoms with Crippen LogP contribution in [0.4, 0.5) is 18.9 Å². The number of nitrogens with zero attached hydrogens (tertiary/aromatic N) is 1. The summed E-state index contributed by atoms with van der Waals surface area (Å²) in [7, 11) is 0. The number of hydrogen-bond donors (Lipinski definition) is 2. The van der Waals surface area contributed by atoms with E-state index in [2.05, 4.69) is 5.32 Å². The van der Waals surface area contributed by atoms with E-state index in [1.54, 1.807) is 13.8 Å². The number of hydrogen-bond acceptors (Lipinski definition) is 3. The number of anilines is 1. The molecule has 2 N–H and O–H groups in total. The molecule has 1 fully saturated rings. The third-order valence-electron chi connectivity index (χ3n) is 4.58. The van der Waals surface area contributed by atoms with Crippen molar-refractivity contribution in [3.63, 3.8) is 0 Å². The second-order valence-electron chi connectivity index (χ2n) is 6.38. The summed E-state index contributed by atoms with van der Waals surface area (Å²) in [6.07, 6.45) is -2.97. The zero-order valence-electron chi connectivity index (χ0n) is 13.8. The monoisotopic (exact) mass is 344 g/mol. The number of aliphatic hydroxyl groups is 1. The maximum absolute atomic E-state index is 12.5. The standard InChI is InChI=1S/C17H23F3N2O2/c1-11(22-9-3-4-13(10-22)12(2)23)16(24)21-15-7-5-14(6-8-15)17(18,19)20/h5-8,11-13,23H,3-4,9-10H2,1-2H3,(H,21,24).